The van der Waals surface area contributed by atoms with Crippen molar-refractivity contribution in [3.8, 4) is 0 Å². The van der Waals surface area contributed by atoms with Crippen molar-refractivity contribution in [3.63, 3.8) is 0 Å². The van der Waals surface area contributed by atoms with Gasteiger partial charge in [0.15, 0.2) is 0 Å². The zero-order valence-corrected chi connectivity index (χ0v) is 12.6. The Morgan fingerprint density at radius 3 is 1.94 bits per heavy atom. The molecule has 4 heteroatoms. The predicted octanol–water partition coefficient (Wildman–Crippen LogP) is 4.71. The van der Waals surface area contributed by atoms with Gasteiger partial charge in [-0.2, -0.15) is 0 Å². The summed E-state index contributed by atoms with van der Waals surface area (Å²) in [4.78, 5) is 0. The number of hydrogen-bond donors (Lipinski definition) is 0. The van der Waals surface area contributed by atoms with Crippen LogP contribution in [-0.4, -0.2) is 13.2 Å². The second kappa shape index (κ2) is 7.08. The summed E-state index contributed by atoms with van der Waals surface area (Å²) in [6.07, 6.45) is 0.736. The van der Waals surface area contributed by atoms with Crippen molar-refractivity contribution in [2.75, 3.05) is 13.2 Å². The van der Waals surface area contributed by atoms with Crippen LogP contribution >= 0.6 is 7.60 Å². The van der Waals surface area contributed by atoms with Crippen LogP contribution in [0.15, 0.2) is 24.3 Å². The van der Waals surface area contributed by atoms with Gasteiger partial charge in [0.25, 0.3) is 0 Å². The Balaban J connectivity index is 3.05. The van der Waals surface area contributed by atoms with E-state index in [2.05, 4.69) is 0 Å². The first-order valence-corrected chi connectivity index (χ1v) is 8.13. The molecule has 0 bridgehead atoms. The molecule has 0 saturated carbocycles. The van der Waals surface area contributed by atoms with Crippen LogP contribution in [0, 0.1) is 6.92 Å². The molecule has 0 aromatic heterocycles. The first-order chi connectivity index (χ1) is 8.57. The average molecular weight is 270 g/mol. The summed E-state index contributed by atoms with van der Waals surface area (Å²) in [5.41, 5.74) is 2.03. The molecule has 1 rings (SSSR count). The molecule has 0 amide bonds. The Morgan fingerprint density at radius 2 is 1.56 bits per heavy atom. The van der Waals surface area contributed by atoms with Crippen molar-refractivity contribution < 1.29 is 13.6 Å². The van der Waals surface area contributed by atoms with E-state index in [1.54, 1.807) is 0 Å². The number of benzene rings is 1. The van der Waals surface area contributed by atoms with E-state index in [9.17, 15) is 4.57 Å². The monoisotopic (exact) mass is 270 g/mol. The molecule has 18 heavy (non-hydrogen) atoms. The Hall–Kier alpha value is -0.630. The first-order valence-electron chi connectivity index (χ1n) is 6.52. The van der Waals surface area contributed by atoms with Crippen LogP contribution in [0.25, 0.3) is 0 Å². The molecule has 0 aliphatic carbocycles. The van der Waals surface area contributed by atoms with Crippen LogP contribution in [-0.2, 0) is 13.6 Å². The maximum absolute atomic E-state index is 12.8. The number of rotatable bonds is 7. The van der Waals surface area contributed by atoms with Gasteiger partial charge in [-0.15, -0.1) is 0 Å². The summed E-state index contributed by atoms with van der Waals surface area (Å²) < 4.78 is 23.7. The Kier molecular flexibility index (Phi) is 6.07. The van der Waals surface area contributed by atoms with Gasteiger partial charge in [-0.25, -0.2) is 0 Å². The van der Waals surface area contributed by atoms with Crippen molar-refractivity contribution in [3.05, 3.63) is 35.4 Å². The molecule has 0 radical (unpaired) electrons. The van der Waals surface area contributed by atoms with Crippen molar-refractivity contribution in [2.45, 2.75) is 39.8 Å². The van der Waals surface area contributed by atoms with Crippen LogP contribution in [0.1, 0.15) is 44.0 Å². The van der Waals surface area contributed by atoms with Gasteiger partial charge in [0, 0.05) is 0 Å². The topological polar surface area (TPSA) is 35.5 Å². The average Bonchev–Trinajstić information content (AvgIpc) is 2.33. The molecule has 0 aliphatic rings. The minimum atomic E-state index is -3.07. The fraction of sp³-hybridized carbons (Fsp3) is 0.571. The second-order valence-electron chi connectivity index (χ2n) is 4.21. The van der Waals surface area contributed by atoms with Crippen LogP contribution in [0.3, 0.4) is 0 Å². The molecule has 0 N–H and O–H groups in total. The zero-order chi connectivity index (χ0) is 13.6. The lowest BCUT2D eigenvalue weighted by atomic mass is 10.1. The lowest BCUT2D eigenvalue weighted by Crippen LogP contribution is -2.06. The first kappa shape index (κ1) is 15.4. The van der Waals surface area contributed by atoms with E-state index in [-0.39, 0.29) is 5.66 Å². The smallest absolute Gasteiger partial charge is 0.308 e. The maximum Gasteiger partial charge on any atom is 0.338 e. The van der Waals surface area contributed by atoms with E-state index in [0.29, 0.717) is 13.2 Å². The fourth-order valence-corrected chi connectivity index (χ4v) is 4.15. The molecule has 102 valence electrons. The van der Waals surface area contributed by atoms with E-state index < -0.39 is 7.60 Å². The highest BCUT2D eigenvalue weighted by molar-refractivity contribution is 7.54. The summed E-state index contributed by atoms with van der Waals surface area (Å²) in [7, 11) is -3.07. The van der Waals surface area contributed by atoms with E-state index in [4.69, 9.17) is 9.05 Å². The van der Waals surface area contributed by atoms with E-state index in [1.807, 2.05) is 52.0 Å². The van der Waals surface area contributed by atoms with Crippen molar-refractivity contribution in [1.82, 2.24) is 0 Å². The van der Waals surface area contributed by atoms with Crippen molar-refractivity contribution in [1.29, 1.82) is 0 Å². The van der Waals surface area contributed by atoms with Crippen LogP contribution in [0.2, 0.25) is 0 Å². The highest BCUT2D eigenvalue weighted by atomic mass is 31.2. The van der Waals surface area contributed by atoms with Crippen LogP contribution < -0.4 is 0 Å². The summed E-state index contributed by atoms with van der Waals surface area (Å²) in [6.45, 7) is 8.53. The van der Waals surface area contributed by atoms with Gasteiger partial charge < -0.3 is 9.05 Å². The third kappa shape index (κ3) is 3.68. The normalized spacial score (nSPS) is 13.6. The highest BCUT2D eigenvalue weighted by Crippen LogP contribution is 2.62. The minimum Gasteiger partial charge on any atom is -0.308 e. The summed E-state index contributed by atoms with van der Waals surface area (Å²) >= 11 is 0. The van der Waals surface area contributed by atoms with Crippen molar-refractivity contribution >= 4 is 7.60 Å². The van der Waals surface area contributed by atoms with Gasteiger partial charge in [-0.05, 0) is 32.8 Å². The lowest BCUT2D eigenvalue weighted by Gasteiger charge is -2.25. The SMILES string of the molecule is CCOP(=O)(OCC)C(CC)c1ccc(C)cc1. The molecular weight excluding hydrogens is 247 g/mol. The molecule has 3 nitrogen and oxygen atoms in total. The molecule has 1 aromatic carbocycles. The highest BCUT2D eigenvalue weighted by Gasteiger charge is 2.35. The molecule has 0 aliphatic heterocycles. The van der Waals surface area contributed by atoms with Gasteiger partial charge in [-0.3, -0.25) is 4.57 Å². The summed E-state index contributed by atoms with van der Waals surface area (Å²) in [5.74, 6) is 0. The van der Waals surface area contributed by atoms with E-state index >= 15 is 0 Å². The molecule has 0 heterocycles. The number of hydrogen-bond acceptors (Lipinski definition) is 3. The Morgan fingerprint density at radius 1 is 1.06 bits per heavy atom. The largest absolute Gasteiger partial charge is 0.338 e. The zero-order valence-electron chi connectivity index (χ0n) is 11.7. The van der Waals surface area contributed by atoms with Gasteiger partial charge >= 0.3 is 7.60 Å². The minimum absolute atomic E-state index is 0.182. The fourth-order valence-electron chi connectivity index (χ4n) is 2.01. The molecule has 0 saturated heterocycles. The summed E-state index contributed by atoms with van der Waals surface area (Å²) in [5, 5.41) is 0. The van der Waals surface area contributed by atoms with Crippen molar-refractivity contribution in [2.24, 2.45) is 0 Å². The van der Waals surface area contributed by atoms with Crippen LogP contribution in [0.5, 0.6) is 0 Å². The quantitative estimate of drug-likeness (QED) is 0.673. The predicted molar refractivity (Wildman–Crippen MR) is 75.1 cm³/mol. The third-order valence-corrected chi connectivity index (χ3v) is 5.51. The Bertz CT molecular complexity index is 390. The molecular formula is C14H23O3P. The Labute approximate surface area is 110 Å². The van der Waals surface area contributed by atoms with Gasteiger partial charge in [0.05, 0.1) is 18.9 Å². The van der Waals surface area contributed by atoms with E-state index in [0.717, 1.165) is 12.0 Å². The molecule has 1 atom stereocenters. The van der Waals surface area contributed by atoms with Gasteiger partial charge in [-0.1, -0.05) is 36.8 Å². The molecule has 1 unspecified atom stereocenters. The standard InChI is InChI=1S/C14H23O3P/c1-5-14(13-10-8-12(4)9-11-13)18(15,16-6-2)17-7-3/h8-11,14H,5-7H2,1-4H3. The molecule has 0 fully saturated rings. The molecule has 1 aromatic rings. The number of aryl methyl sites for hydroxylation is 1. The summed E-state index contributed by atoms with van der Waals surface area (Å²) in [6, 6.07) is 8.07. The van der Waals surface area contributed by atoms with Gasteiger partial charge in [0.2, 0.25) is 0 Å². The third-order valence-electron chi connectivity index (χ3n) is 2.85. The van der Waals surface area contributed by atoms with E-state index in [1.165, 1.54) is 5.56 Å². The maximum atomic E-state index is 12.8. The van der Waals surface area contributed by atoms with Crippen LogP contribution in [0.4, 0.5) is 0 Å². The van der Waals surface area contributed by atoms with Gasteiger partial charge in [0.1, 0.15) is 0 Å². The molecule has 0 spiro atoms. The second-order valence-corrected chi connectivity index (χ2v) is 6.43. The lowest BCUT2D eigenvalue weighted by molar-refractivity contribution is 0.211.